The third-order valence-electron chi connectivity index (χ3n) is 3.50. The van der Waals surface area contributed by atoms with Crippen molar-refractivity contribution in [2.45, 2.75) is 19.8 Å². The van der Waals surface area contributed by atoms with E-state index < -0.39 is 0 Å². The number of anilines is 1. The molecule has 0 unspecified atom stereocenters. The summed E-state index contributed by atoms with van der Waals surface area (Å²) in [6.45, 7) is 5.90. The summed E-state index contributed by atoms with van der Waals surface area (Å²) < 4.78 is 15.7. The number of hydrogen-bond donors (Lipinski definition) is 1. The molecule has 27 heavy (non-hydrogen) atoms. The second-order valence-electron chi connectivity index (χ2n) is 5.40. The van der Waals surface area contributed by atoms with Crippen molar-refractivity contribution in [3.63, 3.8) is 0 Å². The molecule has 0 aliphatic rings. The van der Waals surface area contributed by atoms with Gasteiger partial charge in [-0.3, -0.25) is 10.2 Å². The number of methoxy groups -OCH3 is 2. The van der Waals surface area contributed by atoms with E-state index in [9.17, 15) is 4.79 Å². The standard InChI is InChI=1S/C19H23N3O4S/c1-5-7-14-8-13(9-16(24-3)18(14)25-4)11-20-22-19-21-15(12-27-19)10-17(23)26-6-2/h5,8-9,11-12H,1,6-7,10H2,2-4H3,(H,21,22). The van der Waals surface area contributed by atoms with Crippen LogP contribution < -0.4 is 14.9 Å². The zero-order chi connectivity index (χ0) is 19.6. The lowest BCUT2D eigenvalue weighted by Gasteiger charge is -2.12. The Morgan fingerprint density at radius 3 is 2.85 bits per heavy atom. The number of benzene rings is 1. The molecule has 0 bridgehead atoms. The quantitative estimate of drug-likeness (QED) is 0.290. The Balaban J connectivity index is 2.07. The highest BCUT2D eigenvalue weighted by molar-refractivity contribution is 7.13. The van der Waals surface area contributed by atoms with Gasteiger partial charge < -0.3 is 14.2 Å². The summed E-state index contributed by atoms with van der Waals surface area (Å²) in [6, 6.07) is 3.80. The normalized spacial score (nSPS) is 10.6. The molecule has 1 heterocycles. The van der Waals surface area contributed by atoms with Gasteiger partial charge in [0.25, 0.3) is 0 Å². The number of allylic oxidation sites excluding steroid dienone is 1. The fourth-order valence-electron chi connectivity index (χ4n) is 2.41. The minimum atomic E-state index is -0.294. The predicted octanol–water partition coefficient (Wildman–Crippen LogP) is 3.44. The fourth-order valence-corrected chi connectivity index (χ4v) is 3.07. The number of esters is 1. The van der Waals surface area contributed by atoms with E-state index in [0.29, 0.717) is 35.4 Å². The number of nitrogens with zero attached hydrogens (tertiary/aromatic N) is 2. The van der Waals surface area contributed by atoms with E-state index in [0.717, 1.165) is 11.1 Å². The molecule has 0 saturated heterocycles. The molecule has 0 aliphatic heterocycles. The third kappa shape index (κ3) is 5.82. The molecule has 0 aliphatic carbocycles. The number of thiazole rings is 1. The Bertz CT molecular complexity index is 817. The van der Waals surface area contributed by atoms with Crippen molar-refractivity contribution in [2.24, 2.45) is 5.10 Å². The number of hydrogen-bond acceptors (Lipinski definition) is 8. The van der Waals surface area contributed by atoms with Crippen LogP contribution in [0, 0.1) is 0 Å². The van der Waals surface area contributed by atoms with Gasteiger partial charge in [-0.25, -0.2) is 4.98 Å². The summed E-state index contributed by atoms with van der Waals surface area (Å²) in [5.41, 5.74) is 5.32. The highest BCUT2D eigenvalue weighted by Crippen LogP contribution is 2.32. The molecule has 144 valence electrons. The van der Waals surface area contributed by atoms with Gasteiger partial charge in [0, 0.05) is 10.9 Å². The fraction of sp³-hybridized carbons (Fsp3) is 0.316. The lowest BCUT2D eigenvalue weighted by atomic mass is 10.1. The van der Waals surface area contributed by atoms with Crippen molar-refractivity contribution < 1.29 is 19.0 Å². The van der Waals surface area contributed by atoms with Crippen LogP contribution in [0.1, 0.15) is 23.7 Å². The minimum absolute atomic E-state index is 0.149. The summed E-state index contributed by atoms with van der Waals surface area (Å²) in [6.07, 6.45) is 4.27. The lowest BCUT2D eigenvalue weighted by molar-refractivity contribution is -0.142. The van der Waals surface area contributed by atoms with E-state index in [-0.39, 0.29) is 12.4 Å². The Labute approximate surface area is 162 Å². The topological polar surface area (TPSA) is 82.0 Å². The van der Waals surface area contributed by atoms with Crippen LogP contribution >= 0.6 is 11.3 Å². The summed E-state index contributed by atoms with van der Waals surface area (Å²) >= 11 is 1.37. The number of nitrogens with one attached hydrogen (secondary N) is 1. The van der Waals surface area contributed by atoms with Crippen LogP contribution in [0.25, 0.3) is 0 Å². The zero-order valence-electron chi connectivity index (χ0n) is 15.7. The van der Waals surface area contributed by atoms with Gasteiger partial charge in [-0.2, -0.15) is 5.10 Å². The molecule has 0 amide bonds. The summed E-state index contributed by atoms with van der Waals surface area (Å²) in [4.78, 5) is 15.8. The predicted molar refractivity (Wildman–Crippen MR) is 107 cm³/mol. The maximum Gasteiger partial charge on any atom is 0.311 e. The number of carbonyl (C=O) groups excluding carboxylic acids is 1. The van der Waals surface area contributed by atoms with Crippen LogP contribution in [-0.2, 0) is 22.4 Å². The van der Waals surface area contributed by atoms with Crippen molar-refractivity contribution in [1.82, 2.24) is 4.98 Å². The number of rotatable bonds is 10. The third-order valence-corrected chi connectivity index (χ3v) is 4.29. The molecule has 1 N–H and O–H groups in total. The average molecular weight is 389 g/mol. The molecule has 2 rings (SSSR count). The van der Waals surface area contributed by atoms with E-state index in [1.807, 2.05) is 12.1 Å². The van der Waals surface area contributed by atoms with Gasteiger partial charge in [0.15, 0.2) is 11.5 Å². The molecule has 1 aromatic carbocycles. The second-order valence-corrected chi connectivity index (χ2v) is 6.26. The largest absolute Gasteiger partial charge is 0.493 e. The van der Waals surface area contributed by atoms with E-state index >= 15 is 0 Å². The Hall–Kier alpha value is -2.87. The molecule has 2 aromatic rings. The van der Waals surface area contributed by atoms with Crippen molar-refractivity contribution in [2.75, 3.05) is 26.3 Å². The number of aromatic nitrogens is 1. The van der Waals surface area contributed by atoms with Crippen molar-refractivity contribution in [3.05, 3.63) is 47.0 Å². The second kappa shape index (κ2) is 10.3. The molecule has 0 radical (unpaired) electrons. The van der Waals surface area contributed by atoms with Crippen LogP contribution in [0.4, 0.5) is 5.13 Å². The first kappa shape index (κ1) is 20.4. The molecular weight excluding hydrogens is 366 g/mol. The van der Waals surface area contributed by atoms with Crippen LogP contribution in [-0.4, -0.2) is 38.0 Å². The summed E-state index contributed by atoms with van der Waals surface area (Å²) in [5, 5.41) is 6.60. The van der Waals surface area contributed by atoms with Gasteiger partial charge in [-0.15, -0.1) is 17.9 Å². The van der Waals surface area contributed by atoms with Gasteiger partial charge in [-0.1, -0.05) is 6.08 Å². The highest BCUT2D eigenvalue weighted by Gasteiger charge is 2.11. The SMILES string of the molecule is C=CCc1cc(C=NNc2nc(CC(=O)OCC)cs2)cc(OC)c1OC. The maximum absolute atomic E-state index is 11.5. The van der Waals surface area contributed by atoms with Crippen molar-refractivity contribution >= 4 is 28.7 Å². The number of carbonyl (C=O) groups is 1. The minimum Gasteiger partial charge on any atom is -0.493 e. The molecule has 0 atom stereocenters. The molecule has 0 spiro atoms. The van der Waals surface area contributed by atoms with Gasteiger partial charge in [-0.05, 0) is 31.0 Å². The Morgan fingerprint density at radius 2 is 2.19 bits per heavy atom. The molecule has 8 heteroatoms. The van der Waals surface area contributed by atoms with Gasteiger partial charge in [0.2, 0.25) is 5.13 Å². The average Bonchev–Trinajstić information content (AvgIpc) is 3.08. The van der Waals surface area contributed by atoms with E-state index in [1.54, 1.807) is 38.8 Å². The van der Waals surface area contributed by atoms with E-state index in [4.69, 9.17) is 14.2 Å². The van der Waals surface area contributed by atoms with Gasteiger partial charge in [0.05, 0.1) is 39.2 Å². The first-order valence-corrected chi connectivity index (χ1v) is 9.24. The summed E-state index contributed by atoms with van der Waals surface area (Å²) in [7, 11) is 3.20. The maximum atomic E-state index is 11.5. The van der Waals surface area contributed by atoms with Gasteiger partial charge in [0.1, 0.15) is 0 Å². The van der Waals surface area contributed by atoms with Crippen LogP contribution in [0.15, 0.2) is 35.3 Å². The highest BCUT2D eigenvalue weighted by atomic mass is 32.1. The Morgan fingerprint density at radius 1 is 1.37 bits per heavy atom. The smallest absolute Gasteiger partial charge is 0.311 e. The lowest BCUT2D eigenvalue weighted by Crippen LogP contribution is -2.07. The summed E-state index contributed by atoms with van der Waals surface area (Å²) in [5.74, 6) is 1.02. The molecule has 0 saturated carbocycles. The number of hydrazone groups is 1. The van der Waals surface area contributed by atoms with Crippen LogP contribution in [0.5, 0.6) is 11.5 Å². The van der Waals surface area contributed by atoms with Crippen molar-refractivity contribution in [1.29, 1.82) is 0 Å². The van der Waals surface area contributed by atoms with Crippen molar-refractivity contribution in [3.8, 4) is 11.5 Å². The van der Waals surface area contributed by atoms with Gasteiger partial charge >= 0.3 is 5.97 Å². The molecular formula is C19H23N3O4S. The molecule has 0 fully saturated rings. The van der Waals surface area contributed by atoms with E-state index in [2.05, 4.69) is 22.1 Å². The Kier molecular flexibility index (Phi) is 7.81. The first-order valence-electron chi connectivity index (χ1n) is 8.36. The van der Waals surface area contributed by atoms with Crippen LogP contribution in [0.3, 0.4) is 0 Å². The number of ether oxygens (including phenoxy) is 3. The van der Waals surface area contributed by atoms with E-state index in [1.165, 1.54) is 11.3 Å². The molecule has 1 aromatic heterocycles. The first-order chi connectivity index (χ1) is 13.1. The molecule has 7 nitrogen and oxygen atoms in total. The monoisotopic (exact) mass is 389 g/mol. The zero-order valence-corrected chi connectivity index (χ0v) is 16.5. The van der Waals surface area contributed by atoms with Crippen LogP contribution in [0.2, 0.25) is 0 Å².